The van der Waals surface area contributed by atoms with Crippen LogP contribution in [-0.4, -0.2) is 18.6 Å². The minimum Gasteiger partial charge on any atom is -0.477 e. The number of carbonyl (C=O) groups excluding carboxylic acids is 1. The van der Waals surface area contributed by atoms with Crippen molar-refractivity contribution in [2.24, 2.45) is 5.73 Å². The molecule has 0 fully saturated rings. The third-order valence-corrected chi connectivity index (χ3v) is 2.34. The average molecular weight is 246 g/mol. The Balaban J connectivity index is 2.36. The molecule has 1 atom stereocenters. The van der Waals surface area contributed by atoms with Gasteiger partial charge in [0.25, 0.3) is 5.91 Å². The summed E-state index contributed by atoms with van der Waals surface area (Å²) in [6.07, 6.45) is -5.32. The largest absolute Gasteiger partial charge is 0.477 e. The van der Waals surface area contributed by atoms with Crippen molar-refractivity contribution < 1.29 is 22.7 Å². The summed E-state index contributed by atoms with van der Waals surface area (Å²) in [7, 11) is 0. The van der Waals surface area contributed by atoms with Crippen LogP contribution >= 0.6 is 0 Å². The summed E-state index contributed by atoms with van der Waals surface area (Å²) < 4.78 is 42.4. The molecule has 1 unspecified atom stereocenters. The van der Waals surface area contributed by atoms with Crippen LogP contribution in [0.4, 0.5) is 18.9 Å². The van der Waals surface area contributed by atoms with E-state index < -0.39 is 23.8 Å². The van der Waals surface area contributed by atoms with Crippen molar-refractivity contribution in [3.63, 3.8) is 0 Å². The van der Waals surface area contributed by atoms with Crippen LogP contribution in [0.2, 0.25) is 0 Å². The molecule has 0 spiro atoms. The van der Waals surface area contributed by atoms with Crippen molar-refractivity contribution >= 4 is 11.6 Å². The van der Waals surface area contributed by atoms with Gasteiger partial charge in [0.15, 0.2) is 6.10 Å². The number of alkyl halides is 3. The lowest BCUT2D eigenvalue weighted by molar-refractivity contribution is -0.137. The summed E-state index contributed by atoms with van der Waals surface area (Å²) in [6, 6.07) is 2.89. The topological polar surface area (TPSA) is 64.3 Å². The molecule has 1 heterocycles. The molecule has 17 heavy (non-hydrogen) atoms. The maximum atomic E-state index is 12.4. The van der Waals surface area contributed by atoms with E-state index in [1.165, 1.54) is 6.07 Å². The molecule has 1 aliphatic rings. The molecule has 1 aromatic carbocycles. The highest BCUT2D eigenvalue weighted by Gasteiger charge is 2.33. The zero-order valence-corrected chi connectivity index (χ0v) is 8.54. The summed E-state index contributed by atoms with van der Waals surface area (Å²) in [5, 5.41) is 2.33. The molecule has 0 bridgehead atoms. The molecule has 0 aromatic heterocycles. The van der Waals surface area contributed by atoms with Gasteiger partial charge in [0.1, 0.15) is 5.75 Å². The van der Waals surface area contributed by atoms with Crippen LogP contribution in [0.1, 0.15) is 5.56 Å². The van der Waals surface area contributed by atoms with Gasteiger partial charge in [-0.2, -0.15) is 13.2 Å². The number of hydrogen-bond donors (Lipinski definition) is 2. The van der Waals surface area contributed by atoms with E-state index in [1.54, 1.807) is 0 Å². The monoisotopic (exact) mass is 246 g/mol. The van der Waals surface area contributed by atoms with Gasteiger partial charge in [0.2, 0.25) is 0 Å². The van der Waals surface area contributed by atoms with E-state index in [-0.39, 0.29) is 18.0 Å². The second-order valence-corrected chi connectivity index (χ2v) is 3.54. The molecule has 2 rings (SSSR count). The Hall–Kier alpha value is -1.76. The van der Waals surface area contributed by atoms with E-state index in [0.717, 1.165) is 12.1 Å². The molecular formula is C10H9F3N2O2. The number of fused-ring (bicyclic) bond motifs is 1. The summed E-state index contributed by atoms with van der Waals surface area (Å²) >= 11 is 0. The zero-order chi connectivity index (χ0) is 12.6. The summed E-state index contributed by atoms with van der Waals surface area (Å²) in [4.78, 5) is 11.4. The number of nitrogens with two attached hydrogens (primary N) is 1. The molecule has 1 aliphatic heterocycles. The highest BCUT2D eigenvalue weighted by Crippen LogP contribution is 2.36. The SMILES string of the molecule is NCC1Oc2ccc(C(F)(F)F)cc2NC1=O. The lowest BCUT2D eigenvalue weighted by atomic mass is 10.1. The smallest absolute Gasteiger partial charge is 0.416 e. The average Bonchev–Trinajstić information content (AvgIpc) is 2.26. The van der Waals surface area contributed by atoms with E-state index >= 15 is 0 Å². The zero-order valence-electron chi connectivity index (χ0n) is 8.54. The van der Waals surface area contributed by atoms with Crippen LogP contribution in [0, 0.1) is 0 Å². The lowest BCUT2D eigenvalue weighted by Crippen LogP contribution is -2.42. The van der Waals surface area contributed by atoms with Crippen molar-refractivity contribution in [2.45, 2.75) is 12.3 Å². The van der Waals surface area contributed by atoms with Crippen molar-refractivity contribution in [3.8, 4) is 5.75 Å². The van der Waals surface area contributed by atoms with Crippen LogP contribution in [0.25, 0.3) is 0 Å². The maximum absolute atomic E-state index is 12.4. The Morgan fingerprint density at radius 2 is 2.12 bits per heavy atom. The van der Waals surface area contributed by atoms with E-state index in [2.05, 4.69) is 5.32 Å². The number of rotatable bonds is 1. The van der Waals surface area contributed by atoms with Gasteiger partial charge in [0.05, 0.1) is 11.3 Å². The van der Waals surface area contributed by atoms with Gasteiger partial charge in [-0.25, -0.2) is 0 Å². The standard InChI is InChI=1S/C10H9F3N2O2/c11-10(12,13)5-1-2-7-6(3-5)15-9(16)8(4-14)17-7/h1-3,8H,4,14H2,(H,15,16). The third kappa shape index (κ3) is 2.19. The molecular weight excluding hydrogens is 237 g/mol. The van der Waals surface area contributed by atoms with Gasteiger partial charge in [-0.15, -0.1) is 0 Å². The number of benzene rings is 1. The summed E-state index contributed by atoms with van der Waals surface area (Å²) in [5.74, 6) is -0.354. The fourth-order valence-corrected chi connectivity index (χ4v) is 1.48. The first-order chi connectivity index (χ1) is 7.91. The summed E-state index contributed by atoms with van der Waals surface area (Å²) in [6.45, 7) is -0.0354. The minimum absolute atomic E-state index is 0.00882. The summed E-state index contributed by atoms with van der Waals surface area (Å²) in [5.41, 5.74) is 4.45. The van der Waals surface area contributed by atoms with Crippen LogP contribution in [0.3, 0.4) is 0 Å². The Labute approximate surface area is 94.5 Å². The normalized spacial score (nSPS) is 19.3. The van der Waals surface area contributed by atoms with Gasteiger partial charge in [-0.3, -0.25) is 4.79 Å². The molecule has 0 saturated heterocycles. The van der Waals surface area contributed by atoms with Crippen molar-refractivity contribution in [1.82, 2.24) is 0 Å². The number of halogens is 3. The predicted octanol–water partition coefficient (Wildman–Crippen LogP) is 1.36. The van der Waals surface area contributed by atoms with Crippen LogP contribution in [0.15, 0.2) is 18.2 Å². The van der Waals surface area contributed by atoms with Gasteiger partial charge in [-0.05, 0) is 18.2 Å². The number of carbonyl (C=O) groups is 1. The maximum Gasteiger partial charge on any atom is 0.416 e. The molecule has 0 aliphatic carbocycles. The third-order valence-electron chi connectivity index (χ3n) is 2.34. The van der Waals surface area contributed by atoms with Crippen LogP contribution in [0.5, 0.6) is 5.75 Å². The lowest BCUT2D eigenvalue weighted by Gasteiger charge is -2.25. The predicted molar refractivity (Wildman–Crippen MR) is 53.5 cm³/mol. The number of hydrogen-bond acceptors (Lipinski definition) is 3. The number of ether oxygens (including phenoxy) is 1. The first kappa shape index (κ1) is 11.7. The fourth-order valence-electron chi connectivity index (χ4n) is 1.48. The van der Waals surface area contributed by atoms with Gasteiger partial charge >= 0.3 is 6.18 Å². The Morgan fingerprint density at radius 3 is 2.71 bits per heavy atom. The Kier molecular flexibility index (Phi) is 2.70. The molecule has 1 amide bonds. The van der Waals surface area contributed by atoms with Crippen molar-refractivity contribution in [2.75, 3.05) is 11.9 Å². The first-order valence-electron chi connectivity index (χ1n) is 4.80. The fraction of sp³-hybridized carbons (Fsp3) is 0.300. The molecule has 3 N–H and O–H groups in total. The van der Waals surface area contributed by atoms with E-state index in [1.807, 2.05) is 0 Å². The Morgan fingerprint density at radius 1 is 1.41 bits per heavy atom. The number of amides is 1. The minimum atomic E-state index is -4.45. The van der Waals surface area contributed by atoms with E-state index in [9.17, 15) is 18.0 Å². The second-order valence-electron chi connectivity index (χ2n) is 3.54. The highest BCUT2D eigenvalue weighted by molar-refractivity contribution is 5.98. The van der Waals surface area contributed by atoms with Gasteiger partial charge in [-0.1, -0.05) is 0 Å². The molecule has 4 nitrogen and oxygen atoms in total. The van der Waals surface area contributed by atoms with Crippen molar-refractivity contribution in [1.29, 1.82) is 0 Å². The van der Waals surface area contributed by atoms with Crippen molar-refractivity contribution in [3.05, 3.63) is 23.8 Å². The van der Waals surface area contributed by atoms with E-state index in [4.69, 9.17) is 10.5 Å². The van der Waals surface area contributed by atoms with Gasteiger partial charge in [0, 0.05) is 6.54 Å². The first-order valence-corrected chi connectivity index (χ1v) is 4.80. The van der Waals surface area contributed by atoms with Crippen LogP contribution < -0.4 is 15.8 Å². The number of nitrogens with one attached hydrogen (secondary N) is 1. The van der Waals surface area contributed by atoms with Gasteiger partial charge < -0.3 is 15.8 Å². The molecule has 0 radical (unpaired) electrons. The Bertz CT molecular complexity index is 459. The second kappa shape index (κ2) is 3.92. The molecule has 0 saturated carbocycles. The number of anilines is 1. The van der Waals surface area contributed by atoms with E-state index in [0.29, 0.717) is 0 Å². The molecule has 7 heteroatoms. The molecule has 1 aromatic rings. The molecule has 92 valence electrons. The van der Waals surface area contributed by atoms with Crippen LogP contribution in [-0.2, 0) is 11.0 Å². The quantitative estimate of drug-likeness (QED) is 0.786. The highest BCUT2D eigenvalue weighted by atomic mass is 19.4.